The van der Waals surface area contributed by atoms with Gasteiger partial charge in [-0.3, -0.25) is 4.79 Å². The summed E-state index contributed by atoms with van der Waals surface area (Å²) in [7, 11) is 1.35. The van der Waals surface area contributed by atoms with Crippen molar-refractivity contribution in [3.63, 3.8) is 0 Å². The van der Waals surface area contributed by atoms with Crippen molar-refractivity contribution in [2.45, 2.75) is 19.0 Å². The van der Waals surface area contributed by atoms with Gasteiger partial charge in [0.15, 0.2) is 5.82 Å². The van der Waals surface area contributed by atoms with Gasteiger partial charge in [0.05, 0.1) is 29.2 Å². The number of halogens is 3. The number of benzene rings is 1. The third kappa shape index (κ3) is 4.85. The molecule has 10 heteroatoms. The van der Waals surface area contributed by atoms with E-state index in [0.29, 0.717) is 18.8 Å². The first-order chi connectivity index (χ1) is 15.3. The van der Waals surface area contributed by atoms with E-state index in [2.05, 4.69) is 15.5 Å². The first kappa shape index (κ1) is 22.1. The molecule has 1 aromatic carbocycles. The van der Waals surface area contributed by atoms with Gasteiger partial charge >= 0.3 is 6.18 Å². The van der Waals surface area contributed by atoms with Crippen molar-refractivity contribution >= 4 is 28.7 Å². The van der Waals surface area contributed by atoms with Crippen molar-refractivity contribution in [1.29, 1.82) is 0 Å². The lowest BCUT2D eigenvalue weighted by Gasteiger charge is -2.32. The summed E-state index contributed by atoms with van der Waals surface area (Å²) in [6.45, 7) is 1.13. The third-order valence-corrected chi connectivity index (χ3v) is 6.22. The van der Waals surface area contributed by atoms with E-state index < -0.39 is 17.7 Å². The van der Waals surface area contributed by atoms with Crippen molar-refractivity contribution in [2.75, 3.05) is 30.4 Å². The van der Waals surface area contributed by atoms with Gasteiger partial charge in [-0.05, 0) is 54.6 Å². The van der Waals surface area contributed by atoms with Crippen LogP contribution in [-0.2, 0) is 11.0 Å². The lowest BCUT2D eigenvalue weighted by Crippen LogP contribution is -2.41. The minimum atomic E-state index is -4.51. The number of aromatic nitrogens is 2. The summed E-state index contributed by atoms with van der Waals surface area (Å²) >= 11 is 1.58. The molecule has 168 valence electrons. The number of amides is 1. The molecule has 32 heavy (non-hydrogen) atoms. The van der Waals surface area contributed by atoms with Crippen LogP contribution in [0.5, 0.6) is 5.75 Å². The van der Waals surface area contributed by atoms with E-state index in [9.17, 15) is 18.0 Å². The van der Waals surface area contributed by atoms with E-state index in [1.807, 2.05) is 34.5 Å². The molecule has 4 rings (SSSR count). The second-order valence-electron chi connectivity index (χ2n) is 7.44. The maximum Gasteiger partial charge on any atom is 0.416 e. The molecule has 1 saturated heterocycles. The molecule has 0 bridgehead atoms. The summed E-state index contributed by atoms with van der Waals surface area (Å²) in [5.41, 5.74) is -0.0591. The third-order valence-electron chi connectivity index (χ3n) is 5.32. The number of hydrogen-bond donors (Lipinski definition) is 1. The summed E-state index contributed by atoms with van der Waals surface area (Å²) < 4.78 is 44.4. The number of hydrogen-bond acceptors (Lipinski definition) is 6. The maximum absolute atomic E-state index is 13.1. The zero-order chi connectivity index (χ0) is 22.7. The number of nitrogens with one attached hydrogen (secondary N) is 1. The average molecular weight is 462 g/mol. The minimum Gasteiger partial charge on any atom is -0.495 e. The number of nitrogens with zero attached hydrogens (tertiary/aromatic N) is 3. The van der Waals surface area contributed by atoms with Gasteiger partial charge in [0.25, 0.3) is 0 Å². The van der Waals surface area contributed by atoms with Gasteiger partial charge in [0.2, 0.25) is 5.91 Å². The highest BCUT2D eigenvalue weighted by Crippen LogP contribution is 2.35. The van der Waals surface area contributed by atoms with Crippen LogP contribution in [0.4, 0.5) is 24.7 Å². The van der Waals surface area contributed by atoms with E-state index in [1.165, 1.54) is 13.2 Å². The molecule has 1 unspecified atom stereocenters. The fourth-order valence-corrected chi connectivity index (χ4v) is 4.36. The number of carbonyl (C=O) groups excluding carboxylic acids is 1. The lowest BCUT2D eigenvalue weighted by atomic mass is 9.97. The van der Waals surface area contributed by atoms with E-state index in [0.717, 1.165) is 35.7 Å². The van der Waals surface area contributed by atoms with E-state index in [-0.39, 0.29) is 17.3 Å². The molecule has 1 N–H and O–H groups in total. The van der Waals surface area contributed by atoms with Crippen LogP contribution in [0.2, 0.25) is 0 Å². The Labute approximate surface area is 187 Å². The number of anilines is 2. The van der Waals surface area contributed by atoms with Crippen molar-refractivity contribution < 1.29 is 22.7 Å². The molecule has 6 nitrogen and oxygen atoms in total. The van der Waals surface area contributed by atoms with Gasteiger partial charge < -0.3 is 15.0 Å². The molecule has 1 fully saturated rings. The van der Waals surface area contributed by atoms with Crippen molar-refractivity contribution in [3.8, 4) is 16.3 Å². The van der Waals surface area contributed by atoms with E-state index in [1.54, 1.807) is 11.3 Å². The van der Waals surface area contributed by atoms with Gasteiger partial charge in [-0.1, -0.05) is 6.07 Å². The SMILES string of the molecule is COc1ccc(C(F)(F)F)cc1NC(=O)C1CCCN(c2ccc(-c3cccs3)nn2)C1. The van der Waals surface area contributed by atoms with Crippen LogP contribution in [0, 0.1) is 5.92 Å². The maximum atomic E-state index is 13.1. The number of piperidine rings is 1. The zero-order valence-electron chi connectivity index (χ0n) is 17.2. The van der Waals surface area contributed by atoms with Crippen LogP contribution in [0.15, 0.2) is 47.8 Å². The summed E-state index contributed by atoms with van der Waals surface area (Å²) in [6, 6.07) is 10.7. The first-order valence-electron chi connectivity index (χ1n) is 10.0. The molecule has 1 aliphatic heterocycles. The molecule has 0 aliphatic carbocycles. The van der Waals surface area contributed by atoms with Crippen LogP contribution < -0.4 is 15.0 Å². The molecular formula is C22H21F3N4O2S. The number of methoxy groups -OCH3 is 1. The number of ether oxygens (including phenoxy) is 1. The number of rotatable bonds is 5. The molecule has 3 heterocycles. The fourth-order valence-electron chi connectivity index (χ4n) is 3.67. The quantitative estimate of drug-likeness (QED) is 0.572. The van der Waals surface area contributed by atoms with Crippen LogP contribution in [0.3, 0.4) is 0 Å². The highest BCUT2D eigenvalue weighted by molar-refractivity contribution is 7.13. The monoisotopic (exact) mass is 462 g/mol. The average Bonchev–Trinajstić information content (AvgIpc) is 3.34. The summed E-state index contributed by atoms with van der Waals surface area (Å²) in [5.74, 6) is 0.0887. The van der Waals surface area contributed by atoms with Crippen molar-refractivity contribution in [1.82, 2.24) is 10.2 Å². The zero-order valence-corrected chi connectivity index (χ0v) is 18.0. The van der Waals surface area contributed by atoms with Crippen LogP contribution in [0.25, 0.3) is 10.6 Å². The Balaban J connectivity index is 1.46. The molecule has 1 amide bonds. The number of thiophene rings is 1. The Bertz CT molecular complexity index is 1070. The highest BCUT2D eigenvalue weighted by Gasteiger charge is 2.32. The van der Waals surface area contributed by atoms with Crippen LogP contribution in [-0.4, -0.2) is 36.3 Å². The summed E-state index contributed by atoms with van der Waals surface area (Å²) in [6.07, 6.45) is -3.13. The minimum absolute atomic E-state index is 0.00420. The predicted molar refractivity (Wildman–Crippen MR) is 117 cm³/mol. The topological polar surface area (TPSA) is 67.3 Å². The summed E-state index contributed by atoms with van der Waals surface area (Å²) in [5, 5.41) is 13.2. The second-order valence-corrected chi connectivity index (χ2v) is 8.39. The Morgan fingerprint density at radius 2 is 2.06 bits per heavy atom. The van der Waals surface area contributed by atoms with Gasteiger partial charge in [0, 0.05) is 13.1 Å². The molecule has 0 radical (unpaired) electrons. The normalized spacial score (nSPS) is 16.6. The molecule has 2 aromatic heterocycles. The predicted octanol–water partition coefficient (Wildman–Crippen LogP) is 5.09. The standard InChI is InChI=1S/C22H21F3N4O2S/c1-31-18-8-6-15(22(23,24)25)12-17(18)26-21(30)14-4-2-10-29(13-14)20-9-7-16(27-28-20)19-5-3-11-32-19/h3,5-9,11-12,14H,2,4,10,13H2,1H3,(H,26,30). The van der Waals surface area contributed by atoms with E-state index in [4.69, 9.17) is 4.74 Å². The Morgan fingerprint density at radius 1 is 1.22 bits per heavy atom. The van der Waals surface area contributed by atoms with Gasteiger partial charge in [-0.15, -0.1) is 21.5 Å². The van der Waals surface area contributed by atoms with E-state index >= 15 is 0 Å². The van der Waals surface area contributed by atoms with Crippen molar-refractivity contribution in [3.05, 3.63) is 53.4 Å². The second kappa shape index (κ2) is 9.15. The smallest absolute Gasteiger partial charge is 0.416 e. The Hall–Kier alpha value is -3.14. The largest absolute Gasteiger partial charge is 0.495 e. The van der Waals surface area contributed by atoms with Crippen molar-refractivity contribution in [2.24, 2.45) is 5.92 Å². The van der Waals surface area contributed by atoms with Gasteiger partial charge in [-0.25, -0.2) is 0 Å². The summed E-state index contributed by atoms with van der Waals surface area (Å²) in [4.78, 5) is 15.9. The molecule has 1 aliphatic rings. The van der Waals surface area contributed by atoms with Gasteiger partial charge in [-0.2, -0.15) is 13.2 Å². The number of alkyl halides is 3. The molecule has 3 aromatic rings. The van der Waals surface area contributed by atoms with Crippen LogP contribution in [0.1, 0.15) is 18.4 Å². The first-order valence-corrected chi connectivity index (χ1v) is 10.9. The lowest BCUT2D eigenvalue weighted by molar-refractivity contribution is -0.137. The number of carbonyl (C=O) groups is 1. The molecular weight excluding hydrogens is 441 g/mol. The Kier molecular flexibility index (Phi) is 6.31. The molecule has 1 atom stereocenters. The molecule has 0 saturated carbocycles. The highest BCUT2D eigenvalue weighted by atomic mass is 32.1. The molecule has 0 spiro atoms. The fraction of sp³-hybridized carbons (Fsp3) is 0.318. The van der Waals surface area contributed by atoms with Gasteiger partial charge in [0.1, 0.15) is 11.4 Å². The van der Waals surface area contributed by atoms with Crippen LogP contribution >= 0.6 is 11.3 Å². The Morgan fingerprint density at radius 3 is 2.72 bits per heavy atom.